The van der Waals surface area contributed by atoms with Crippen molar-refractivity contribution in [3.8, 4) is 11.1 Å². The molecular weight excluding hydrogens is 283 g/mol. The van der Waals surface area contributed by atoms with E-state index in [1.165, 1.54) is 0 Å². The van der Waals surface area contributed by atoms with Crippen molar-refractivity contribution in [1.82, 2.24) is 0 Å². The molecule has 2 aliphatic carbocycles. The Morgan fingerprint density at radius 3 is 2.30 bits per heavy atom. The van der Waals surface area contributed by atoms with Crippen LogP contribution in [0.25, 0.3) is 11.1 Å². The van der Waals surface area contributed by atoms with E-state index in [9.17, 15) is 8.42 Å². The minimum Gasteiger partial charge on any atom is -0.263 e. The van der Waals surface area contributed by atoms with Gasteiger partial charge in [0, 0.05) is 35.1 Å². The summed E-state index contributed by atoms with van der Waals surface area (Å²) < 4.78 is 29.9. The first-order valence-electron chi connectivity index (χ1n) is 6.49. The third-order valence-corrected chi connectivity index (χ3v) is 4.61. The molecule has 0 aliphatic heterocycles. The number of rotatable bonds is 5. The SMILES string of the molecule is CCC(CC)OS(=O)(=O)c1ccc2cccccc1-2.[Na]. The summed E-state index contributed by atoms with van der Waals surface area (Å²) >= 11 is 0. The fourth-order valence-electron chi connectivity index (χ4n) is 2.06. The molecule has 0 heterocycles. The van der Waals surface area contributed by atoms with E-state index in [2.05, 4.69) is 0 Å². The Balaban J connectivity index is 0.00000200. The molecule has 0 spiro atoms. The molecular formula is C15H18NaO3S. The van der Waals surface area contributed by atoms with E-state index in [1.54, 1.807) is 18.2 Å². The van der Waals surface area contributed by atoms with Crippen LogP contribution in [0.15, 0.2) is 47.4 Å². The average molecular weight is 301 g/mol. The van der Waals surface area contributed by atoms with Gasteiger partial charge in [-0.1, -0.05) is 50.2 Å². The van der Waals surface area contributed by atoms with Crippen molar-refractivity contribution in [1.29, 1.82) is 0 Å². The summed E-state index contributed by atoms with van der Waals surface area (Å²) in [6, 6.07) is 12.7. The first kappa shape index (κ1) is 17.7. The zero-order valence-electron chi connectivity index (χ0n) is 12.2. The van der Waals surface area contributed by atoms with Gasteiger partial charge in [-0.2, -0.15) is 8.42 Å². The maximum absolute atomic E-state index is 12.3. The zero-order valence-corrected chi connectivity index (χ0v) is 15.0. The number of fused-ring (bicyclic) bond motifs is 1. The maximum atomic E-state index is 12.3. The predicted octanol–water partition coefficient (Wildman–Crippen LogP) is 3.30. The minimum absolute atomic E-state index is 0. The van der Waals surface area contributed by atoms with E-state index in [0.29, 0.717) is 18.4 Å². The summed E-state index contributed by atoms with van der Waals surface area (Å²) in [5, 5.41) is 0. The maximum Gasteiger partial charge on any atom is 0.297 e. The van der Waals surface area contributed by atoms with Gasteiger partial charge >= 0.3 is 0 Å². The van der Waals surface area contributed by atoms with Crippen molar-refractivity contribution in [2.75, 3.05) is 0 Å². The normalized spacial score (nSPS) is 11.6. The van der Waals surface area contributed by atoms with Crippen molar-refractivity contribution < 1.29 is 12.6 Å². The van der Waals surface area contributed by atoms with Gasteiger partial charge in [0.15, 0.2) is 0 Å². The molecule has 1 radical (unpaired) electrons. The molecule has 0 aromatic carbocycles. The van der Waals surface area contributed by atoms with Crippen LogP contribution in [0.4, 0.5) is 0 Å². The van der Waals surface area contributed by atoms with Gasteiger partial charge in [-0.3, -0.25) is 4.18 Å². The van der Waals surface area contributed by atoms with E-state index in [0.717, 1.165) is 5.56 Å². The van der Waals surface area contributed by atoms with Crippen LogP contribution in [0.2, 0.25) is 0 Å². The fraction of sp³-hybridized carbons (Fsp3) is 0.333. The summed E-state index contributed by atoms with van der Waals surface area (Å²) in [6.45, 7) is 3.85. The second-order valence-corrected chi connectivity index (χ2v) is 6.01. The Morgan fingerprint density at radius 1 is 1.00 bits per heavy atom. The van der Waals surface area contributed by atoms with Crippen LogP contribution < -0.4 is 0 Å². The van der Waals surface area contributed by atoms with Crippen LogP contribution in [-0.4, -0.2) is 44.1 Å². The van der Waals surface area contributed by atoms with Crippen LogP contribution in [0.1, 0.15) is 26.7 Å². The largest absolute Gasteiger partial charge is 0.297 e. The van der Waals surface area contributed by atoms with Gasteiger partial charge in [0.1, 0.15) is 4.90 Å². The summed E-state index contributed by atoms with van der Waals surface area (Å²) in [6.07, 6.45) is 1.11. The van der Waals surface area contributed by atoms with Crippen LogP contribution in [0.3, 0.4) is 0 Å². The van der Waals surface area contributed by atoms with E-state index in [-0.39, 0.29) is 40.6 Å². The topological polar surface area (TPSA) is 43.4 Å². The molecule has 2 aliphatic rings. The van der Waals surface area contributed by atoms with E-state index < -0.39 is 10.1 Å². The molecule has 20 heavy (non-hydrogen) atoms. The minimum atomic E-state index is -3.70. The molecule has 0 aromatic rings. The van der Waals surface area contributed by atoms with Gasteiger partial charge in [-0.25, -0.2) is 0 Å². The average Bonchev–Trinajstić information content (AvgIpc) is 2.67. The monoisotopic (exact) mass is 301 g/mol. The molecule has 0 saturated carbocycles. The van der Waals surface area contributed by atoms with Crippen LogP contribution in [0.5, 0.6) is 0 Å². The summed E-state index contributed by atoms with van der Waals surface area (Å²) in [5.41, 5.74) is 1.60. The van der Waals surface area contributed by atoms with Gasteiger partial charge < -0.3 is 0 Å². The second-order valence-electron chi connectivity index (χ2n) is 4.47. The van der Waals surface area contributed by atoms with Crippen LogP contribution in [-0.2, 0) is 14.3 Å². The Bertz CT molecular complexity index is 621. The first-order valence-corrected chi connectivity index (χ1v) is 7.90. The summed E-state index contributed by atoms with van der Waals surface area (Å²) in [5.74, 6) is 0. The third-order valence-electron chi connectivity index (χ3n) is 3.19. The van der Waals surface area contributed by atoms with Gasteiger partial charge in [0.05, 0.1) is 6.10 Å². The molecule has 103 valence electrons. The number of hydrogen-bond donors (Lipinski definition) is 0. The molecule has 0 bridgehead atoms. The second kappa shape index (κ2) is 7.57. The fourth-order valence-corrected chi connectivity index (χ4v) is 3.48. The first-order chi connectivity index (χ1) is 9.08. The van der Waals surface area contributed by atoms with E-state index in [4.69, 9.17) is 4.18 Å². The standard InChI is InChI=1S/C15H18O3S.Na/c1-3-13(4-2)18-19(16,17)15-11-10-12-8-6-5-7-9-14(12)15;/h5-11,13H,3-4H2,1-2H3;. The Kier molecular flexibility index (Phi) is 6.69. The molecule has 5 heteroatoms. The molecule has 0 atom stereocenters. The van der Waals surface area contributed by atoms with Gasteiger partial charge in [0.25, 0.3) is 10.1 Å². The number of hydrogen-bond acceptors (Lipinski definition) is 3. The smallest absolute Gasteiger partial charge is 0.263 e. The van der Waals surface area contributed by atoms with Gasteiger partial charge in [-0.15, -0.1) is 0 Å². The Labute approximate surface area is 143 Å². The summed E-state index contributed by atoms with van der Waals surface area (Å²) in [4.78, 5) is 0.255. The molecule has 0 aromatic heterocycles. The van der Waals surface area contributed by atoms with Gasteiger partial charge in [-0.05, 0) is 24.5 Å². The van der Waals surface area contributed by atoms with Crippen molar-refractivity contribution in [2.45, 2.75) is 37.7 Å². The molecule has 0 N–H and O–H groups in total. The quantitative estimate of drug-likeness (QED) is 0.628. The van der Waals surface area contributed by atoms with E-state index >= 15 is 0 Å². The molecule has 0 saturated heterocycles. The van der Waals surface area contributed by atoms with Crippen molar-refractivity contribution >= 4 is 39.7 Å². The molecule has 0 amide bonds. The molecule has 0 fully saturated rings. The van der Waals surface area contributed by atoms with Crippen molar-refractivity contribution in [3.63, 3.8) is 0 Å². The Morgan fingerprint density at radius 2 is 1.65 bits per heavy atom. The predicted molar refractivity (Wildman–Crippen MR) is 81.5 cm³/mol. The molecule has 3 nitrogen and oxygen atoms in total. The Hall–Kier alpha value is -0.390. The zero-order chi connectivity index (χ0) is 13.9. The van der Waals surface area contributed by atoms with E-state index in [1.807, 2.05) is 38.1 Å². The van der Waals surface area contributed by atoms with Crippen molar-refractivity contribution in [2.24, 2.45) is 0 Å². The van der Waals surface area contributed by atoms with Crippen LogP contribution >= 0.6 is 0 Å². The van der Waals surface area contributed by atoms with Crippen LogP contribution in [0, 0.1) is 0 Å². The molecule has 2 rings (SSSR count). The van der Waals surface area contributed by atoms with Crippen molar-refractivity contribution in [3.05, 3.63) is 42.5 Å². The third kappa shape index (κ3) is 3.83. The van der Waals surface area contributed by atoms with Gasteiger partial charge in [0.2, 0.25) is 0 Å². The summed E-state index contributed by atoms with van der Waals surface area (Å²) in [7, 11) is -3.70. The molecule has 0 unspecified atom stereocenters.